The van der Waals surface area contributed by atoms with Gasteiger partial charge >= 0.3 is 12.1 Å². The Labute approximate surface area is 137 Å². The standard InChI is InChI=1S/C14H25NO7S/c1-6-20-12(16)11-8-7-10(22-23(5,18)19)9-15(11)13(17)21-14(2,3)4/h10-11H,6-9H2,1-5H3. The second-order valence-electron chi connectivity index (χ2n) is 6.40. The van der Waals surface area contributed by atoms with Crippen molar-refractivity contribution in [3.05, 3.63) is 0 Å². The molecule has 9 heteroatoms. The summed E-state index contributed by atoms with van der Waals surface area (Å²) in [5.74, 6) is -0.531. The number of ether oxygens (including phenoxy) is 2. The fourth-order valence-electron chi connectivity index (χ4n) is 2.27. The molecule has 0 bridgehead atoms. The van der Waals surface area contributed by atoms with Gasteiger partial charge in [0, 0.05) is 0 Å². The first-order chi connectivity index (χ1) is 10.4. The second kappa shape index (κ2) is 7.48. The van der Waals surface area contributed by atoms with Gasteiger partial charge in [0.1, 0.15) is 11.6 Å². The van der Waals surface area contributed by atoms with Crippen molar-refractivity contribution in [1.82, 2.24) is 4.90 Å². The third-order valence-electron chi connectivity index (χ3n) is 3.04. The van der Waals surface area contributed by atoms with Crippen LogP contribution in [0.2, 0.25) is 0 Å². The van der Waals surface area contributed by atoms with Crippen LogP contribution in [0.15, 0.2) is 0 Å². The Morgan fingerprint density at radius 3 is 2.30 bits per heavy atom. The van der Waals surface area contributed by atoms with Crippen molar-refractivity contribution in [2.45, 2.75) is 58.3 Å². The molecule has 1 fully saturated rings. The van der Waals surface area contributed by atoms with E-state index >= 15 is 0 Å². The number of likely N-dealkylation sites (tertiary alicyclic amines) is 1. The molecule has 1 rings (SSSR count). The predicted octanol–water partition coefficient (Wildman–Crippen LogP) is 1.29. The lowest BCUT2D eigenvalue weighted by atomic mass is 10.0. The highest BCUT2D eigenvalue weighted by molar-refractivity contribution is 7.86. The van der Waals surface area contributed by atoms with Crippen LogP contribution < -0.4 is 0 Å². The fraction of sp³-hybridized carbons (Fsp3) is 0.857. The van der Waals surface area contributed by atoms with E-state index in [1.807, 2.05) is 0 Å². The predicted molar refractivity (Wildman–Crippen MR) is 82.3 cm³/mol. The zero-order valence-electron chi connectivity index (χ0n) is 14.2. The van der Waals surface area contributed by atoms with Gasteiger partial charge in [-0.2, -0.15) is 8.42 Å². The van der Waals surface area contributed by atoms with Gasteiger partial charge in [0.15, 0.2) is 0 Å². The van der Waals surface area contributed by atoms with Gasteiger partial charge in [-0.25, -0.2) is 9.59 Å². The first kappa shape index (κ1) is 19.7. The minimum Gasteiger partial charge on any atom is -0.464 e. The molecule has 0 aromatic carbocycles. The van der Waals surface area contributed by atoms with E-state index in [9.17, 15) is 18.0 Å². The molecular weight excluding hydrogens is 326 g/mol. The number of hydrogen-bond acceptors (Lipinski definition) is 7. The minimum atomic E-state index is -3.65. The van der Waals surface area contributed by atoms with Crippen LogP contribution in [0.4, 0.5) is 4.79 Å². The average molecular weight is 351 g/mol. The summed E-state index contributed by atoms with van der Waals surface area (Å²) in [7, 11) is -3.65. The highest BCUT2D eigenvalue weighted by Gasteiger charge is 2.40. The Hall–Kier alpha value is -1.35. The molecule has 2 atom stereocenters. The van der Waals surface area contributed by atoms with Crippen molar-refractivity contribution in [1.29, 1.82) is 0 Å². The van der Waals surface area contributed by atoms with E-state index in [0.29, 0.717) is 6.42 Å². The molecule has 0 aliphatic carbocycles. The molecule has 1 heterocycles. The average Bonchev–Trinajstić information content (AvgIpc) is 2.34. The number of piperidine rings is 1. The molecule has 1 saturated heterocycles. The number of nitrogens with zero attached hydrogens (tertiary/aromatic N) is 1. The van der Waals surface area contributed by atoms with Gasteiger partial charge < -0.3 is 9.47 Å². The molecule has 0 N–H and O–H groups in total. The maximum absolute atomic E-state index is 12.3. The summed E-state index contributed by atoms with van der Waals surface area (Å²) in [5, 5.41) is 0. The molecule has 8 nitrogen and oxygen atoms in total. The van der Waals surface area contributed by atoms with Crippen molar-refractivity contribution in [3.8, 4) is 0 Å². The van der Waals surface area contributed by atoms with Gasteiger partial charge in [0.2, 0.25) is 0 Å². The molecule has 2 unspecified atom stereocenters. The number of hydrogen-bond donors (Lipinski definition) is 0. The van der Waals surface area contributed by atoms with Crippen LogP contribution in [-0.2, 0) is 28.6 Å². The van der Waals surface area contributed by atoms with E-state index in [-0.39, 0.29) is 19.6 Å². The van der Waals surface area contributed by atoms with Crippen molar-refractivity contribution in [3.63, 3.8) is 0 Å². The fourth-order valence-corrected chi connectivity index (χ4v) is 2.92. The van der Waals surface area contributed by atoms with E-state index in [0.717, 1.165) is 6.26 Å². The van der Waals surface area contributed by atoms with E-state index in [2.05, 4.69) is 0 Å². The summed E-state index contributed by atoms with van der Waals surface area (Å²) in [6, 6.07) is -0.802. The molecule has 134 valence electrons. The molecule has 0 aromatic rings. The van der Waals surface area contributed by atoms with E-state index in [1.165, 1.54) is 4.90 Å². The van der Waals surface area contributed by atoms with Crippen molar-refractivity contribution < 1.29 is 31.7 Å². The first-order valence-corrected chi connectivity index (χ1v) is 9.29. The van der Waals surface area contributed by atoms with Gasteiger partial charge in [0.25, 0.3) is 10.1 Å². The van der Waals surface area contributed by atoms with Crippen molar-refractivity contribution in [2.24, 2.45) is 0 Å². The van der Waals surface area contributed by atoms with E-state index in [4.69, 9.17) is 13.7 Å². The molecule has 1 aliphatic rings. The van der Waals surface area contributed by atoms with Crippen molar-refractivity contribution >= 4 is 22.2 Å². The van der Waals surface area contributed by atoms with Crippen LogP contribution in [0.5, 0.6) is 0 Å². The molecule has 0 radical (unpaired) electrons. The maximum Gasteiger partial charge on any atom is 0.411 e. The molecule has 1 amide bonds. The Morgan fingerprint density at radius 2 is 1.83 bits per heavy atom. The zero-order chi connectivity index (χ0) is 17.8. The van der Waals surface area contributed by atoms with Gasteiger partial charge in [-0.3, -0.25) is 9.08 Å². The van der Waals surface area contributed by atoms with Crippen molar-refractivity contribution in [2.75, 3.05) is 19.4 Å². The van der Waals surface area contributed by atoms with Gasteiger partial charge in [-0.15, -0.1) is 0 Å². The summed E-state index contributed by atoms with van der Waals surface area (Å²) in [5.41, 5.74) is -0.735. The Morgan fingerprint density at radius 1 is 1.22 bits per heavy atom. The van der Waals surface area contributed by atoms with Gasteiger partial charge in [-0.05, 0) is 40.5 Å². The lowest BCUT2D eigenvalue weighted by molar-refractivity contribution is -0.151. The third-order valence-corrected chi connectivity index (χ3v) is 3.66. The van der Waals surface area contributed by atoms with E-state index < -0.39 is 39.9 Å². The largest absolute Gasteiger partial charge is 0.464 e. The lowest BCUT2D eigenvalue weighted by Crippen LogP contribution is -2.54. The highest BCUT2D eigenvalue weighted by atomic mass is 32.2. The second-order valence-corrected chi connectivity index (χ2v) is 8.00. The molecule has 0 spiro atoms. The van der Waals surface area contributed by atoms with E-state index in [1.54, 1.807) is 27.7 Å². The van der Waals surface area contributed by atoms with Crippen LogP contribution in [0.25, 0.3) is 0 Å². The zero-order valence-corrected chi connectivity index (χ0v) is 15.0. The van der Waals surface area contributed by atoms with Crippen LogP contribution in [-0.4, -0.2) is 62.5 Å². The summed E-state index contributed by atoms with van der Waals surface area (Å²) in [6.45, 7) is 6.94. The van der Waals surface area contributed by atoms with Gasteiger partial charge in [0.05, 0.1) is 25.5 Å². The third kappa shape index (κ3) is 6.74. The summed E-state index contributed by atoms with van der Waals surface area (Å²) in [6.07, 6.45) is 0.122. The number of rotatable bonds is 4. The maximum atomic E-state index is 12.3. The number of esters is 1. The number of carbonyl (C=O) groups excluding carboxylic acids is 2. The number of amides is 1. The molecular formula is C14H25NO7S. The topological polar surface area (TPSA) is 99.2 Å². The van der Waals surface area contributed by atoms with Crippen LogP contribution in [0.3, 0.4) is 0 Å². The highest BCUT2D eigenvalue weighted by Crippen LogP contribution is 2.24. The Bertz CT molecular complexity index is 538. The normalized spacial score (nSPS) is 22.6. The summed E-state index contributed by atoms with van der Waals surface area (Å²) >= 11 is 0. The summed E-state index contributed by atoms with van der Waals surface area (Å²) in [4.78, 5) is 25.6. The van der Waals surface area contributed by atoms with Crippen LogP contribution in [0.1, 0.15) is 40.5 Å². The van der Waals surface area contributed by atoms with Gasteiger partial charge in [-0.1, -0.05) is 0 Å². The summed E-state index contributed by atoms with van der Waals surface area (Å²) < 4.78 is 37.8. The first-order valence-electron chi connectivity index (χ1n) is 7.47. The smallest absolute Gasteiger partial charge is 0.411 e. The molecule has 0 saturated carbocycles. The molecule has 0 aromatic heterocycles. The molecule has 23 heavy (non-hydrogen) atoms. The Kier molecular flexibility index (Phi) is 6.41. The monoisotopic (exact) mass is 351 g/mol. The molecule has 1 aliphatic heterocycles. The quantitative estimate of drug-likeness (QED) is 0.556. The van der Waals surface area contributed by atoms with Crippen LogP contribution >= 0.6 is 0 Å². The number of carbonyl (C=O) groups is 2. The van der Waals surface area contributed by atoms with Crippen LogP contribution in [0, 0.1) is 0 Å². The minimum absolute atomic E-state index is 0.0501. The Balaban J connectivity index is 2.91. The lowest BCUT2D eigenvalue weighted by Gasteiger charge is -2.38. The SMILES string of the molecule is CCOC(=O)C1CCC(OS(C)(=O)=O)CN1C(=O)OC(C)(C)C.